The first-order chi connectivity index (χ1) is 6.17. The first kappa shape index (κ1) is 10.7. The highest BCUT2D eigenvalue weighted by Gasteiger charge is 2.18. The van der Waals surface area contributed by atoms with E-state index in [0.717, 1.165) is 12.0 Å². The van der Waals surface area contributed by atoms with Crippen LogP contribution in [0.3, 0.4) is 0 Å². The molecule has 0 aliphatic rings. The maximum atomic E-state index is 3.36. The Morgan fingerprint density at radius 2 is 1.85 bits per heavy atom. The average molecular weight is 242 g/mol. The van der Waals surface area contributed by atoms with E-state index in [-0.39, 0.29) is 5.41 Å². The lowest BCUT2D eigenvalue weighted by Crippen LogP contribution is -2.32. The molecular formula is C11H16BrN. The molecule has 0 unspecified atom stereocenters. The molecule has 0 bridgehead atoms. The smallest absolute Gasteiger partial charge is 0.0517 e. The fourth-order valence-corrected chi connectivity index (χ4v) is 1.55. The molecule has 0 radical (unpaired) electrons. The number of benzene rings is 1. The molecule has 1 rings (SSSR count). The summed E-state index contributed by atoms with van der Waals surface area (Å²) in [6.45, 7) is 5.48. The van der Waals surface area contributed by atoms with Crippen molar-refractivity contribution in [2.45, 2.75) is 19.3 Å². The highest BCUT2D eigenvalue weighted by atomic mass is 79.9. The zero-order valence-corrected chi connectivity index (χ0v) is 9.76. The molecule has 0 saturated heterocycles. The molecule has 0 heterocycles. The van der Waals surface area contributed by atoms with Crippen LogP contribution >= 0.6 is 15.9 Å². The second-order valence-corrected chi connectivity index (χ2v) is 4.37. The van der Waals surface area contributed by atoms with Crippen LogP contribution in [-0.4, -0.2) is 12.0 Å². The summed E-state index contributed by atoms with van der Waals surface area (Å²) >= 11 is 3.36. The Bertz CT molecular complexity index is 244. The number of nitrogens with one attached hydrogen (secondary N) is 1. The van der Waals surface area contributed by atoms with Crippen LogP contribution in [0.4, 0.5) is 0 Å². The van der Waals surface area contributed by atoms with Crippen molar-refractivity contribution in [2.75, 3.05) is 12.0 Å². The summed E-state index contributed by atoms with van der Waals surface area (Å²) in [5, 5.41) is 3.30. The van der Waals surface area contributed by atoms with Crippen LogP contribution in [0.15, 0.2) is 30.3 Å². The largest absolute Gasteiger partial charge is 0.306 e. The molecule has 1 aromatic carbocycles. The highest BCUT2D eigenvalue weighted by molar-refractivity contribution is 9.09. The first-order valence-electron chi connectivity index (χ1n) is 4.49. The zero-order valence-electron chi connectivity index (χ0n) is 8.18. The maximum Gasteiger partial charge on any atom is 0.0517 e. The number of alkyl halides is 1. The molecule has 1 nitrogen and oxygen atoms in total. The molecule has 2 heteroatoms. The molecule has 0 aromatic heterocycles. The molecule has 72 valence electrons. The summed E-state index contributed by atoms with van der Waals surface area (Å²) in [7, 11) is 0. The minimum absolute atomic E-state index is 0.203. The van der Waals surface area contributed by atoms with Gasteiger partial charge in [0.15, 0.2) is 0 Å². The Labute approximate surface area is 88.7 Å². The van der Waals surface area contributed by atoms with Crippen LogP contribution in [-0.2, 0) is 5.41 Å². The van der Waals surface area contributed by atoms with Crippen molar-refractivity contribution < 1.29 is 0 Å². The van der Waals surface area contributed by atoms with Crippen molar-refractivity contribution in [3.63, 3.8) is 0 Å². The van der Waals surface area contributed by atoms with Crippen LogP contribution < -0.4 is 5.32 Å². The highest BCUT2D eigenvalue weighted by Crippen LogP contribution is 2.21. The molecule has 0 atom stereocenters. The predicted molar refractivity (Wildman–Crippen MR) is 61.3 cm³/mol. The fraction of sp³-hybridized carbons (Fsp3) is 0.455. The van der Waals surface area contributed by atoms with Crippen molar-refractivity contribution in [1.82, 2.24) is 5.32 Å². The maximum absolute atomic E-state index is 3.36. The van der Waals surface area contributed by atoms with Crippen molar-refractivity contribution >= 4 is 15.9 Å². The Morgan fingerprint density at radius 1 is 1.23 bits per heavy atom. The van der Waals surface area contributed by atoms with Gasteiger partial charge in [0, 0.05) is 12.0 Å². The number of hydrogen-bond acceptors (Lipinski definition) is 1. The summed E-state index contributed by atoms with van der Waals surface area (Å²) in [4.78, 5) is 0. The number of halogens is 1. The summed E-state index contributed by atoms with van der Waals surface area (Å²) in [6.07, 6.45) is 0. The minimum Gasteiger partial charge on any atom is -0.306 e. The van der Waals surface area contributed by atoms with E-state index in [1.807, 2.05) is 0 Å². The van der Waals surface area contributed by atoms with E-state index in [1.165, 1.54) is 5.56 Å². The molecular weight excluding hydrogens is 226 g/mol. The lowest BCUT2D eigenvalue weighted by molar-refractivity contribution is 0.491. The normalized spacial score (nSPS) is 11.6. The van der Waals surface area contributed by atoms with Crippen LogP contribution in [0.2, 0.25) is 0 Å². The Balaban J connectivity index is 2.69. The zero-order chi connectivity index (χ0) is 9.73. The van der Waals surface area contributed by atoms with E-state index < -0.39 is 0 Å². The monoisotopic (exact) mass is 241 g/mol. The van der Waals surface area contributed by atoms with Gasteiger partial charge in [0.2, 0.25) is 0 Å². The summed E-state index contributed by atoms with van der Waals surface area (Å²) in [6, 6.07) is 10.6. The topological polar surface area (TPSA) is 12.0 Å². The third kappa shape index (κ3) is 3.12. The summed E-state index contributed by atoms with van der Waals surface area (Å²) < 4.78 is 0. The predicted octanol–water partition coefficient (Wildman–Crippen LogP) is 2.91. The van der Waals surface area contributed by atoms with Crippen molar-refractivity contribution in [3.05, 3.63) is 35.9 Å². The van der Waals surface area contributed by atoms with Crippen LogP contribution in [0.1, 0.15) is 19.4 Å². The van der Waals surface area contributed by atoms with E-state index in [2.05, 4.69) is 65.4 Å². The third-order valence-electron chi connectivity index (χ3n) is 2.22. The Hall–Kier alpha value is -0.340. The molecule has 0 aliphatic heterocycles. The summed E-state index contributed by atoms with van der Waals surface area (Å²) in [5.74, 6) is 0. The van der Waals surface area contributed by atoms with Gasteiger partial charge < -0.3 is 5.32 Å². The van der Waals surface area contributed by atoms with Gasteiger partial charge in [-0.2, -0.15) is 0 Å². The quantitative estimate of drug-likeness (QED) is 0.632. The van der Waals surface area contributed by atoms with Gasteiger partial charge in [-0.25, -0.2) is 0 Å². The van der Waals surface area contributed by atoms with E-state index in [1.54, 1.807) is 0 Å². The summed E-state index contributed by atoms with van der Waals surface area (Å²) in [5.41, 5.74) is 2.43. The second kappa shape index (κ2) is 4.77. The molecule has 0 aliphatic carbocycles. The van der Waals surface area contributed by atoms with Crippen LogP contribution in [0.5, 0.6) is 0 Å². The molecule has 0 amide bonds. The Morgan fingerprint density at radius 3 is 2.38 bits per heavy atom. The lowest BCUT2D eigenvalue weighted by Gasteiger charge is -2.25. The fourth-order valence-electron chi connectivity index (χ4n) is 1.35. The van der Waals surface area contributed by atoms with Crippen LogP contribution in [0.25, 0.3) is 0 Å². The van der Waals surface area contributed by atoms with Crippen molar-refractivity contribution in [3.8, 4) is 0 Å². The van der Waals surface area contributed by atoms with E-state index in [0.29, 0.717) is 0 Å². The first-order valence-corrected chi connectivity index (χ1v) is 5.61. The van der Waals surface area contributed by atoms with Gasteiger partial charge in [-0.15, -0.1) is 0 Å². The van der Waals surface area contributed by atoms with Crippen molar-refractivity contribution in [2.24, 2.45) is 0 Å². The van der Waals surface area contributed by atoms with Gasteiger partial charge in [-0.05, 0) is 5.56 Å². The lowest BCUT2D eigenvalue weighted by atomic mass is 9.85. The Kier molecular flexibility index (Phi) is 3.94. The third-order valence-corrected chi connectivity index (χ3v) is 2.61. The second-order valence-electron chi connectivity index (χ2n) is 3.81. The van der Waals surface area contributed by atoms with Gasteiger partial charge in [-0.3, -0.25) is 0 Å². The molecule has 0 fully saturated rings. The average Bonchev–Trinajstić information content (AvgIpc) is 2.16. The van der Waals surface area contributed by atoms with Crippen LogP contribution in [0, 0.1) is 0 Å². The number of hydrogen-bond donors (Lipinski definition) is 1. The minimum atomic E-state index is 0.203. The molecule has 0 saturated carbocycles. The van der Waals surface area contributed by atoms with Crippen molar-refractivity contribution in [1.29, 1.82) is 0 Å². The standard InChI is InChI=1S/C11H16BrN/c1-11(2,8-13-9-12)10-6-4-3-5-7-10/h3-7,13H,8-9H2,1-2H3. The van der Waals surface area contributed by atoms with E-state index in [9.17, 15) is 0 Å². The van der Waals surface area contributed by atoms with E-state index >= 15 is 0 Å². The molecule has 0 spiro atoms. The van der Waals surface area contributed by atoms with Gasteiger partial charge in [0.25, 0.3) is 0 Å². The van der Waals surface area contributed by atoms with E-state index in [4.69, 9.17) is 0 Å². The van der Waals surface area contributed by atoms with Gasteiger partial charge in [0.1, 0.15) is 0 Å². The van der Waals surface area contributed by atoms with Gasteiger partial charge in [-0.1, -0.05) is 60.1 Å². The van der Waals surface area contributed by atoms with Gasteiger partial charge >= 0.3 is 0 Å². The molecule has 1 N–H and O–H groups in total. The molecule has 13 heavy (non-hydrogen) atoms. The SMILES string of the molecule is CC(C)(CNCBr)c1ccccc1. The van der Waals surface area contributed by atoms with Gasteiger partial charge in [0.05, 0.1) is 5.45 Å². The molecule has 1 aromatic rings. The number of rotatable bonds is 4.